The minimum atomic E-state index is -1.01. The smallest absolute Gasteiger partial charge is 0.348 e. The summed E-state index contributed by atoms with van der Waals surface area (Å²) < 4.78 is 6.35. The van der Waals surface area contributed by atoms with E-state index in [1.165, 1.54) is 24.2 Å². The van der Waals surface area contributed by atoms with Crippen molar-refractivity contribution in [1.29, 1.82) is 0 Å². The van der Waals surface area contributed by atoms with Gasteiger partial charge in [-0.25, -0.2) is 4.79 Å². The van der Waals surface area contributed by atoms with Crippen molar-refractivity contribution in [3.8, 4) is 17.7 Å². The number of thiophene rings is 1. The number of amides is 1. The maximum Gasteiger partial charge on any atom is 0.348 e. The zero-order valence-electron chi connectivity index (χ0n) is 25.4. The van der Waals surface area contributed by atoms with E-state index in [2.05, 4.69) is 21.7 Å². The number of hydrogen-bond donors (Lipinski definition) is 1. The number of ether oxygens (including phenoxy) is 1. The molecule has 3 heterocycles. The number of rotatable bonds is 7. The molecule has 0 spiro atoms. The number of aromatic nitrogens is 2. The third kappa shape index (κ3) is 6.75. The number of carbonyl (C=O) groups is 2. The van der Waals surface area contributed by atoms with Crippen LogP contribution in [0, 0.1) is 23.2 Å². The number of anilines is 2. The van der Waals surface area contributed by atoms with E-state index < -0.39 is 11.5 Å². The Bertz CT molecular complexity index is 1330. The van der Waals surface area contributed by atoms with Crippen molar-refractivity contribution in [2.24, 2.45) is 11.3 Å². The van der Waals surface area contributed by atoms with Crippen LogP contribution in [0.5, 0.6) is 5.88 Å². The van der Waals surface area contributed by atoms with Gasteiger partial charge in [0, 0.05) is 25.4 Å². The van der Waals surface area contributed by atoms with Gasteiger partial charge < -0.3 is 19.6 Å². The van der Waals surface area contributed by atoms with Gasteiger partial charge >= 0.3 is 5.97 Å². The summed E-state index contributed by atoms with van der Waals surface area (Å²) in [6.45, 7) is 9.70. The van der Waals surface area contributed by atoms with Gasteiger partial charge in [0.25, 0.3) is 0 Å². The second kappa shape index (κ2) is 12.6. The van der Waals surface area contributed by atoms with Crippen molar-refractivity contribution < 1.29 is 19.4 Å². The first-order chi connectivity index (χ1) is 20.1. The average Bonchev–Trinajstić information content (AvgIpc) is 3.64. The number of carboxylic acids is 1. The van der Waals surface area contributed by atoms with Crippen LogP contribution in [0.25, 0.3) is 0 Å². The molecule has 2 aromatic rings. The van der Waals surface area contributed by atoms with Crippen LogP contribution in [0.1, 0.15) is 113 Å². The van der Waals surface area contributed by atoms with Crippen LogP contribution in [0.3, 0.4) is 0 Å². The maximum atomic E-state index is 13.5. The number of carboxylic acid groups (broad SMARTS) is 1. The standard InChI is InChI=1S/C33H44N4O4S/c1-23(38)37(27-20-26(14-17-32(2,3)4)42-30(27)31(39)40)33(15-6-5-7-16-33)24-10-12-25(13-11-24)41-29-22-34-21-28(35-29)36-18-8-9-19-36/h20-22,24-25H,5-13,15-16,18-19H2,1-4H3,(H,39,40). The molecule has 5 rings (SSSR count). The molecule has 226 valence electrons. The summed E-state index contributed by atoms with van der Waals surface area (Å²) in [5.41, 5.74) is -0.113. The predicted molar refractivity (Wildman–Crippen MR) is 166 cm³/mol. The van der Waals surface area contributed by atoms with Gasteiger partial charge in [-0.15, -0.1) is 11.3 Å². The minimum Gasteiger partial charge on any atom is -0.477 e. The third-order valence-electron chi connectivity index (χ3n) is 8.94. The summed E-state index contributed by atoms with van der Waals surface area (Å²) in [6.07, 6.45) is 14.4. The van der Waals surface area contributed by atoms with Crippen LogP contribution >= 0.6 is 11.3 Å². The molecule has 1 amide bonds. The van der Waals surface area contributed by atoms with E-state index in [-0.39, 0.29) is 28.2 Å². The maximum absolute atomic E-state index is 13.5. The van der Waals surface area contributed by atoms with Gasteiger partial charge in [0.1, 0.15) is 11.0 Å². The number of aromatic carboxylic acids is 1. The van der Waals surface area contributed by atoms with E-state index in [0.29, 0.717) is 16.4 Å². The lowest BCUT2D eigenvalue weighted by molar-refractivity contribution is -0.118. The number of carbonyl (C=O) groups excluding carboxylic acids is 1. The third-order valence-corrected chi connectivity index (χ3v) is 9.97. The quantitative estimate of drug-likeness (QED) is 0.348. The van der Waals surface area contributed by atoms with Crippen LogP contribution in [-0.2, 0) is 4.79 Å². The molecule has 9 heteroatoms. The topological polar surface area (TPSA) is 95.9 Å². The molecule has 0 atom stereocenters. The van der Waals surface area contributed by atoms with Gasteiger partial charge in [-0.2, -0.15) is 4.98 Å². The molecule has 2 aliphatic carbocycles. The Morgan fingerprint density at radius 1 is 1.07 bits per heavy atom. The highest BCUT2D eigenvalue weighted by Crippen LogP contribution is 2.49. The lowest BCUT2D eigenvalue weighted by atomic mass is 9.66. The van der Waals surface area contributed by atoms with Gasteiger partial charge in [0.15, 0.2) is 5.82 Å². The first-order valence-electron chi connectivity index (χ1n) is 15.5. The molecule has 0 unspecified atom stereocenters. The second-order valence-corrected chi connectivity index (χ2v) is 14.2. The Balaban J connectivity index is 1.38. The van der Waals surface area contributed by atoms with Gasteiger partial charge in [-0.1, -0.05) is 31.1 Å². The van der Waals surface area contributed by atoms with Gasteiger partial charge in [-0.05, 0) is 84.1 Å². The van der Waals surface area contributed by atoms with Crippen molar-refractivity contribution in [3.63, 3.8) is 0 Å². The van der Waals surface area contributed by atoms with Gasteiger partial charge in [-0.3, -0.25) is 9.78 Å². The number of hydrogen-bond acceptors (Lipinski definition) is 7. The Kier molecular flexibility index (Phi) is 9.12. The molecule has 0 radical (unpaired) electrons. The lowest BCUT2D eigenvalue weighted by Crippen LogP contribution is -2.58. The molecule has 42 heavy (non-hydrogen) atoms. The van der Waals surface area contributed by atoms with E-state index >= 15 is 0 Å². The summed E-state index contributed by atoms with van der Waals surface area (Å²) in [4.78, 5) is 40.1. The molecular weight excluding hydrogens is 548 g/mol. The zero-order valence-corrected chi connectivity index (χ0v) is 26.3. The van der Waals surface area contributed by atoms with E-state index in [0.717, 1.165) is 76.7 Å². The normalized spacial score (nSPS) is 22.2. The summed E-state index contributed by atoms with van der Waals surface area (Å²) in [5, 5.41) is 10.2. The van der Waals surface area contributed by atoms with Crippen molar-refractivity contribution in [1.82, 2.24) is 9.97 Å². The second-order valence-electron chi connectivity index (χ2n) is 13.1. The Hall–Kier alpha value is -3.12. The average molecular weight is 593 g/mol. The highest BCUT2D eigenvalue weighted by Gasteiger charge is 2.48. The summed E-state index contributed by atoms with van der Waals surface area (Å²) in [5.74, 6) is 7.01. The molecule has 1 aliphatic heterocycles. The Labute approximate surface area is 253 Å². The zero-order chi connectivity index (χ0) is 29.9. The van der Waals surface area contributed by atoms with E-state index in [9.17, 15) is 14.7 Å². The fourth-order valence-electron chi connectivity index (χ4n) is 7.10. The molecule has 1 N–H and O–H groups in total. The monoisotopic (exact) mass is 592 g/mol. The van der Waals surface area contributed by atoms with Crippen molar-refractivity contribution in [2.75, 3.05) is 22.9 Å². The van der Waals surface area contributed by atoms with Gasteiger partial charge in [0.2, 0.25) is 11.8 Å². The van der Waals surface area contributed by atoms with E-state index in [1.54, 1.807) is 13.1 Å². The van der Waals surface area contributed by atoms with E-state index in [4.69, 9.17) is 9.72 Å². The molecule has 0 bridgehead atoms. The van der Waals surface area contributed by atoms with Crippen molar-refractivity contribution in [2.45, 2.75) is 110 Å². The van der Waals surface area contributed by atoms with Gasteiger partial charge in [0.05, 0.1) is 28.5 Å². The lowest BCUT2D eigenvalue weighted by Gasteiger charge is -2.52. The molecule has 8 nitrogen and oxygen atoms in total. The molecule has 3 aliphatic rings. The van der Waals surface area contributed by atoms with Crippen molar-refractivity contribution >= 4 is 34.7 Å². The molecule has 3 fully saturated rings. The van der Waals surface area contributed by atoms with Crippen molar-refractivity contribution in [3.05, 3.63) is 28.2 Å². The minimum absolute atomic E-state index is 0.0470. The first-order valence-corrected chi connectivity index (χ1v) is 16.3. The Morgan fingerprint density at radius 2 is 1.76 bits per heavy atom. The van der Waals surface area contributed by atoms with E-state index in [1.807, 2.05) is 37.9 Å². The molecular formula is C33H44N4O4S. The van der Waals surface area contributed by atoms with Crippen LogP contribution in [0.4, 0.5) is 11.5 Å². The molecule has 2 saturated carbocycles. The molecule has 2 aromatic heterocycles. The fourth-order valence-corrected chi connectivity index (χ4v) is 7.93. The highest BCUT2D eigenvalue weighted by molar-refractivity contribution is 7.15. The SMILES string of the molecule is CC(=O)N(c1cc(C#CC(C)(C)C)sc1C(=O)O)C1(C2CCC(Oc3cncc(N4CCCC4)n3)CC2)CCCCC1. The summed E-state index contributed by atoms with van der Waals surface area (Å²) in [7, 11) is 0. The van der Waals surface area contributed by atoms with Crippen LogP contribution in [-0.4, -0.2) is 51.7 Å². The first kappa shape index (κ1) is 30.3. The highest BCUT2D eigenvalue weighted by atomic mass is 32.1. The summed E-state index contributed by atoms with van der Waals surface area (Å²) in [6, 6.07) is 1.84. The van der Waals surface area contributed by atoms with Crippen LogP contribution in [0.2, 0.25) is 0 Å². The predicted octanol–water partition coefficient (Wildman–Crippen LogP) is 6.93. The largest absolute Gasteiger partial charge is 0.477 e. The van der Waals surface area contributed by atoms with Crippen LogP contribution < -0.4 is 14.5 Å². The number of nitrogens with zero attached hydrogens (tertiary/aromatic N) is 4. The summed E-state index contributed by atoms with van der Waals surface area (Å²) >= 11 is 1.17. The molecule has 0 aromatic carbocycles. The van der Waals surface area contributed by atoms with Crippen LogP contribution in [0.15, 0.2) is 18.5 Å². The fraction of sp³-hybridized carbons (Fsp3) is 0.636. The molecule has 1 saturated heterocycles. The Morgan fingerprint density at radius 3 is 2.38 bits per heavy atom.